The summed E-state index contributed by atoms with van der Waals surface area (Å²) in [7, 11) is 0. The standard InChI is InChI=1S/C11H13N3OS2/c12-11(13)17-7-10(15)14-5-6-16-9-4-2-1-3-8(9)14/h1-4H,5-7H2,(H3,12,13). The molecule has 0 bridgehead atoms. The second-order valence-electron chi connectivity index (χ2n) is 3.51. The number of nitrogens with zero attached hydrogens (tertiary/aromatic N) is 1. The molecule has 0 saturated carbocycles. The van der Waals surface area contributed by atoms with Crippen LogP contribution in [-0.4, -0.2) is 29.1 Å². The fourth-order valence-corrected chi connectivity index (χ4v) is 3.08. The van der Waals surface area contributed by atoms with Gasteiger partial charge >= 0.3 is 0 Å². The van der Waals surface area contributed by atoms with Gasteiger partial charge in [-0.3, -0.25) is 10.2 Å². The predicted molar refractivity (Wildman–Crippen MR) is 73.9 cm³/mol. The van der Waals surface area contributed by atoms with Crippen LogP contribution in [0.25, 0.3) is 0 Å². The van der Waals surface area contributed by atoms with E-state index in [1.807, 2.05) is 24.3 Å². The molecule has 0 radical (unpaired) electrons. The van der Waals surface area contributed by atoms with Gasteiger partial charge in [0.1, 0.15) is 0 Å². The molecule has 0 unspecified atom stereocenters. The van der Waals surface area contributed by atoms with E-state index in [0.29, 0.717) is 0 Å². The summed E-state index contributed by atoms with van der Waals surface area (Å²) >= 11 is 2.84. The van der Waals surface area contributed by atoms with E-state index in [1.54, 1.807) is 16.7 Å². The van der Waals surface area contributed by atoms with E-state index in [-0.39, 0.29) is 16.8 Å². The highest BCUT2D eigenvalue weighted by atomic mass is 32.2. The Hall–Kier alpha value is -1.14. The van der Waals surface area contributed by atoms with Crippen LogP contribution in [-0.2, 0) is 4.79 Å². The third kappa shape index (κ3) is 2.95. The maximum absolute atomic E-state index is 12.0. The number of para-hydroxylation sites is 1. The molecule has 17 heavy (non-hydrogen) atoms. The number of thioether (sulfide) groups is 2. The molecule has 1 aromatic carbocycles. The fourth-order valence-electron chi connectivity index (χ4n) is 1.65. The average Bonchev–Trinajstić information content (AvgIpc) is 2.35. The minimum absolute atomic E-state index is 0.0120. The summed E-state index contributed by atoms with van der Waals surface area (Å²) in [6, 6.07) is 7.89. The largest absolute Gasteiger partial charge is 0.379 e. The summed E-state index contributed by atoms with van der Waals surface area (Å²) in [5.74, 6) is 1.15. The SMILES string of the molecule is N=C(N)SCC(=O)N1CCSc2ccccc21. The van der Waals surface area contributed by atoms with Crippen LogP contribution >= 0.6 is 23.5 Å². The summed E-state index contributed by atoms with van der Waals surface area (Å²) in [4.78, 5) is 14.9. The minimum Gasteiger partial charge on any atom is -0.379 e. The van der Waals surface area contributed by atoms with Gasteiger partial charge in [0.2, 0.25) is 5.91 Å². The number of amides is 1. The molecule has 0 saturated heterocycles. The molecule has 2 rings (SSSR count). The van der Waals surface area contributed by atoms with Gasteiger partial charge in [-0.25, -0.2) is 0 Å². The molecule has 0 aliphatic carbocycles. The molecule has 1 amide bonds. The van der Waals surface area contributed by atoms with Gasteiger partial charge in [0.25, 0.3) is 0 Å². The molecule has 0 aromatic heterocycles. The highest BCUT2D eigenvalue weighted by Gasteiger charge is 2.22. The third-order valence-corrected chi connectivity index (χ3v) is 4.13. The number of hydrogen-bond donors (Lipinski definition) is 2. The average molecular weight is 267 g/mol. The number of benzene rings is 1. The molecule has 3 N–H and O–H groups in total. The molecular formula is C11H13N3OS2. The van der Waals surface area contributed by atoms with Crippen molar-refractivity contribution >= 4 is 40.3 Å². The summed E-state index contributed by atoms with van der Waals surface area (Å²) in [6.45, 7) is 0.721. The topological polar surface area (TPSA) is 70.2 Å². The van der Waals surface area contributed by atoms with E-state index >= 15 is 0 Å². The van der Waals surface area contributed by atoms with Crippen LogP contribution in [0.1, 0.15) is 0 Å². The van der Waals surface area contributed by atoms with Crippen molar-refractivity contribution in [2.24, 2.45) is 5.73 Å². The minimum atomic E-state index is -0.0157. The van der Waals surface area contributed by atoms with Crippen LogP contribution in [0.4, 0.5) is 5.69 Å². The molecule has 6 heteroatoms. The second kappa shape index (κ2) is 5.46. The van der Waals surface area contributed by atoms with Gasteiger partial charge < -0.3 is 10.6 Å². The Morgan fingerprint density at radius 1 is 1.53 bits per heavy atom. The first kappa shape index (κ1) is 12.3. The first-order valence-electron chi connectivity index (χ1n) is 5.17. The lowest BCUT2D eigenvalue weighted by atomic mass is 10.3. The lowest BCUT2D eigenvalue weighted by Crippen LogP contribution is -2.37. The molecule has 4 nitrogen and oxygen atoms in total. The van der Waals surface area contributed by atoms with Gasteiger partial charge in [-0.15, -0.1) is 11.8 Å². The van der Waals surface area contributed by atoms with E-state index in [4.69, 9.17) is 11.1 Å². The maximum Gasteiger partial charge on any atom is 0.237 e. The molecule has 1 aromatic rings. The Labute approximate surface area is 108 Å². The quantitative estimate of drug-likeness (QED) is 0.632. The second-order valence-corrected chi connectivity index (χ2v) is 5.67. The first-order chi connectivity index (χ1) is 8.18. The predicted octanol–water partition coefficient (Wildman–Crippen LogP) is 1.75. The fraction of sp³-hybridized carbons (Fsp3) is 0.273. The monoisotopic (exact) mass is 267 g/mol. The number of rotatable bonds is 2. The smallest absolute Gasteiger partial charge is 0.237 e. The van der Waals surface area contributed by atoms with E-state index in [2.05, 4.69) is 0 Å². The van der Waals surface area contributed by atoms with Gasteiger partial charge in [-0.1, -0.05) is 23.9 Å². The Bertz CT molecular complexity index is 450. The van der Waals surface area contributed by atoms with Crippen LogP contribution < -0.4 is 10.6 Å². The molecular weight excluding hydrogens is 254 g/mol. The molecule has 1 heterocycles. The number of fused-ring (bicyclic) bond motifs is 1. The number of hydrogen-bond acceptors (Lipinski definition) is 4. The zero-order valence-electron chi connectivity index (χ0n) is 9.18. The molecule has 1 aliphatic rings. The third-order valence-electron chi connectivity index (χ3n) is 2.38. The molecule has 1 aliphatic heterocycles. The van der Waals surface area contributed by atoms with Crippen molar-refractivity contribution < 1.29 is 4.79 Å². The number of nitrogens with one attached hydrogen (secondary N) is 1. The van der Waals surface area contributed by atoms with Crippen LogP contribution in [0.5, 0.6) is 0 Å². The molecule has 90 valence electrons. The van der Waals surface area contributed by atoms with Crippen molar-refractivity contribution in [3.8, 4) is 0 Å². The lowest BCUT2D eigenvalue weighted by Gasteiger charge is -2.28. The summed E-state index contributed by atoms with van der Waals surface area (Å²) in [6.07, 6.45) is 0. The van der Waals surface area contributed by atoms with Crippen LogP contribution in [0.2, 0.25) is 0 Å². The van der Waals surface area contributed by atoms with E-state index in [9.17, 15) is 4.79 Å². The van der Waals surface area contributed by atoms with Gasteiger partial charge in [0.15, 0.2) is 5.17 Å². The maximum atomic E-state index is 12.0. The Balaban J connectivity index is 2.12. The lowest BCUT2D eigenvalue weighted by molar-refractivity contribution is -0.116. The Kier molecular flexibility index (Phi) is 3.96. The van der Waals surface area contributed by atoms with Crippen LogP contribution in [0, 0.1) is 5.41 Å². The summed E-state index contributed by atoms with van der Waals surface area (Å²) < 4.78 is 0. The zero-order chi connectivity index (χ0) is 12.3. The Morgan fingerprint density at radius 3 is 3.06 bits per heavy atom. The van der Waals surface area contributed by atoms with Gasteiger partial charge in [0, 0.05) is 17.2 Å². The van der Waals surface area contributed by atoms with E-state index in [1.165, 1.54) is 0 Å². The molecule has 0 atom stereocenters. The number of carbonyl (C=O) groups excluding carboxylic acids is 1. The van der Waals surface area contributed by atoms with Crippen molar-refractivity contribution in [2.75, 3.05) is 23.0 Å². The van der Waals surface area contributed by atoms with Gasteiger partial charge in [0.05, 0.1) is 11.4 Å². The van der Waals surface area contributed by atoms with Crippen molar-refractivity contribution in [3.05, 3.63) is 24.3 Å². The number of nitrogens with two attached hydrogens (primary N) is 1. The van der Waals surface area contributed by atoms with E-state index in [0.717, 1.165) is 34.6 Å². The van der Waals surface area contributed by atoms with Crippen molar-refractivity contribution in [3.63, 3.8) is 0 Å². The number of amidine groups is 1. The number of carbonyl (C=O) groups is 1. The normalized spacial score (nSPS) is 14.2. The van der Waals surface area contributed by atoms with Crippen molar-refractivity contribution in [1.82, 2.24) is 0 Å². The number of anilines is 1. The summed E-state index contributed by atoms with van der Waals surface area (Å²) in [5.41, 5.74) is 6.21. The van der Waals surface area contributed by atoms with E-state index < -0.39 is 0 Å². The van der Waals surface area contributed by atoms with Crippen molar-refractivity contribution in [2.45, 2.75) is 4.90 Å². The summed E-state index contributed by atoms with van der Waals surface area (Å²) in [5, 5.41) is 7.10. The Morgan fingerprint density at radius 2 is 2.29 bits per heavy atom. The highest BCUT2D eigenvalue weighted by Crippen LogP contribution is 2.34. The highest BCUT2D eigenvalue weighted by molar-refractivity contribution is 8.14. The van der Waals surface area contributed by atoms with Crippen LogP contribution in [0.15, 0.2) is 29.2 Å². The van der Waals surface area contributed by atoms with Crippen LogP contribution in [0.3, 0.4) is 0 Å². The molecule has 0 spiro atoms. The first-order valence-corrected chi connectivity index (χ1v) is 7.14. The zero-order valence-corrected chi connectivity index (χ0v) is 10.8. The van der Waals surface area contributed by atoms with Crippen molar-refractivity contribution in [1.29, 1.82) is 5.41 Å². The van der Waals surface area contributed by atoms with Gasteiger partial charge in [-0.05, 0) is 12.1 Å². The molecule has 0 fully saturated rings. The van der Waals surface area contributed by atoms with Gasteiger partial charge in [-0.2, -0.15) is 0 Å².